The molecule has 27 heavy (non-hydrogen) atoms. The Morgan fingerprint density at radius 1 is 1.22 bits per heavy atom. The fourth-order valence-corrected chi connectivity index (χ4v) is 2.19. The topological polar surface area (TPSA) is 134 Å². The summed E-state index contributed by atoms with van der Waals surface area (Å²) >= 11 is 0. The van der Waals surface area contributed by atoms with Crippen LogP contribution < -0.4 is 15.8 Å². The average molecular weight is 373 g/mol. The zero-order valence-electron chi connectivity index (χ0n) is 14.8. The first-order valence-electron chi connectivity index (χ1n) is 7.97. The molecule has 0 aliphatic rings. The van der Waals surface area contributed by atoms with E-state index in [2.05, 4.69) is 5.32 Å². The van der Waals surface area contributed by atoms with E-state index in [1.54, 1.807) is 31.4 Å². The predicted octanol–water partition coefficient (Wildman–Crippen LogP) is 2.05. The monoisotopic (exact) mass is 373 g/mol. The average Bonchev–Trinajstić information content (AvgIpc) is 2.66. The van der Waals surface area contributed by atoms with E-state index >= 15 is 0 Å². The lowest BCUT2D eigenvalue weighted by Gasteiger charge is -2.14. The normalized spacial score (nSPS) is 11.3. The summed E-state index contributed by atoms with van der Waals surface area (Å²) in [7, 11) is 1.56. The largest absolute Gasteiger partial charge is 0.497 e. The number of rotatable bonds is 7. The van der Waals surface area contributed by atoms with Crippen LogP contribution in [-0.2, 0) is 16.1 Å². The molecule has 0 aliphatic carbocycles. The predicted molar refractivity (Wildman–Crippen MR) is 97.2 cm³/mol. The van der Waals surface area contributed by atoms with Gasteiger partial charge in [-0.05, 0) is 30.7 Å². The molecular weight excluding hydrogens is 354 g/mol. The molecule has 0 aliphatic heterocycles. The van der Waals surface area contributed by atoms with Gasteiger partial charge in [0, 0.05) is 24.4 Å². The van der Waals surface area contributed by atoms with Crippen LogP contribution in [-0.4, -0.2) is 30.0 Å². The summed E-state index contributed by atoms with van der Waals surface area (Å²) in [4.78, 5) is 34.5. The van der Waals surface area contributed by atoms with Crippen LogP contribution in [0.15, 0.2) is 42.5 Å². The molecule has 0 aromatic heterocycles. The van der Waals surface area contributed by atoms with Gasteiger partial charge in [-0.15, -0.1) is 0 Å². The molecule has 2 aromatic carbocycles. The van der Waals surface area contributed by atoms with E-state index in [4.69, 9.17) is 15.2 Å². The molecule has 2 aromatic rings. The summed E-state index contributed by atoms with van der Waals surface area (Å²) in [6.07, 6.45) is -1.10. The zero-order chi connectivity index (χ0) is 20.0. The molecule has 3 N–H and O–H groups in total. The van der Waals surface area contributed by atoms with Gasteiger partial charge in [0.2, 0.25) is 0 Å². The highest BCUT2D eigenvalue weighted by Gasteiger charge is 2.22. The summed E-state index contributed by atoms with van der Waals surface area (Å²) in [6, 6.07) is 10.5. The van der Waals surface area contributed by atoms with Crippen LogP contribution in [0, 0.1) is 10.1 Å². The molecule has 0 saturated carbocycles. The SMILES string of the molecule is COc1ccc(CNC(=O)[C@H](C)OC(=O)c2cc([N+](=O)[O-])ccc2N)cc1. The number of carbonyl (C=O) groups excluding carboxylic acids is 2. The highest BCUT2D eigenvalue weighted by atomic mass is 16.6. The van der Waals surface area contributed by atoms with Crippen molar-refractivity contribution in [2.24, 2.45) is 0 Å². The first-order valence-corrected chi connectivity index (χ1v) is 7.97. The number of nitro benzene ring substituents is 1. The number of nitrogen functional groups attached to an aromatic ring is 1. The Bertz CT molecular complexity index is 851. The van der Waals surface area contributed by atoms with Gasteiger partial charge in [-0.1, -0.05) is 12.1 Å². The Labute approximate surface area is 155 Å². The lowest BCUT2D eigenvalue weighted by molar-refractivity contribution is -0.384. The van der Waals surface area contributed by atoms with E-state index in [-0.39, 0.29) is 23.5 Å². The maximum absolute atomic E-state index is 12.2. The quantitative estimate of drug-likeness (QED) is 0.328. The zero-order valence-corrected chi connectivity index (χ0v) is 14.8. The third kappa shape index (κ3) is 5.18. The smallest absolute Gasteiger partial charge is 0.341 e. The number of non-ortho nitro benzene ring substituents is 1. The Kier molecular flexibility index (Phi) is 6.32. The molecule has 0 heterocycles. The summed E-state index contributed by atoms with van der Waals surface area (Å²) in [5.41, 5.74) is 6.06. The molecule has 2 rings (SSSR count). The van der Waals surface area contributed by atoms with Crippen molar-refractivity contribution in [1.29, 1.82) is 0 Å². The van der Waals surface area contributed by atoms with Crippen molar-refractivity contribution in [3.05, 3.63) is 63.7 Å². The standard InChI is InChI=1S/C18H19N3O6/c1-11(17(22)20-10-12-3-6-14(26-2)7-4-12)27-18(23)15-9-13(21(24)25)5-8-16(15)19/h3-9,11H,10,19H2,1-2H3,(H,20,22)/t11-/m0/s1. The van der Waals surface area contributed by atoms with Gasteiger partial charge in [0.25, 0.3) is 11.6 Å². The summed E-state index contributed by atoms with van der Waals surface area (Å²) in [5.74, 6) is -0.728. The fourth-order valence-electron chi connectivity index (χ4n) is 2.19. The minimum atomic E-state index is -1.10. The third-order valence-electron chi connectivity index (χ3n) is 3.75. The second-order valence-electron chi connectivity index (χ2n) is 5.64. The van der Waals surface area contributed by atoms with Gasteiger partial charge in [-0.25, -0.2) is 4.79 Å². The molecule has 0 spiro atoms. The molecule has 0 fully saturated rings. The lowest BCUT2D eigenvalue weighted by Crippen LogP contribution is -2.35. The first kappa shape index (κ1) is 19.7. The van der Waals surface area contributed by atoms with Crippen LogP contribution in [0.3, 0.4) is 0 Å². The highest BCUT2D eigenvalue weighted by Crippen LogP contribution is 2.21. The molecule has 0 bridgehead atoms. The molecule has 142 valence electrons. The number of benzene rings is 2. The molecule has 1 amide bonds. The molecule has 0 unspecified atom stereocenters. The van der Waals surface area contributed by atoms with Gasteiger partial charge in [-0.2, -0.15) is 0 Å². The Hall–Kier alpha value is -3.62. The number of nitrogens with two attached hydrogens (primary N) is 1. The van der Waals surface area contributed by atoms with Crippen LogP contribution in [0.1, 0.15) is 22.8 Å². The number of anilines is 1. The Balaban J connectivity index is 1.96. The van der Waals surface area contributed by atoms with Crippen LogP contribution in [0.4, 0.5) is 11.4 Å². The maximum Gasteiger partial charge on any atom is 0.341 e. The van der Waals surface area contributed by atoms with Gasteiger partial charge in [0.1, 0.15) is 5.75 Å². The number of nitrogens with zero attached hydrogens (tertiary/aromatic N) is 1. The number of carbonyl (C=O) groups is 2. The van der Waals surface area contributed by atoms with Gasteiger partial charge in [0.15, 0.2) is 6.10 Å². The Morgan fingerprint density at radius 2 is 1.89 bits per heavy atom. The first-order chi connectivity index (χ1) is 12.8. The number of esters is 1. The van der Waals surface area contributed by atoms with Gasteiger partial charge >= 0.3 is 5.97 Å². The summed E-state index contributed by atoms with van der Waals surface area (Å²) < 4.78 is 10.1. The van der Waals surface area contributed by atoms with Gasteiger partial charge in [0.05, 0.1) is 17.6 Å². The molecule has 1 atom stereocenters. The minimum Gasteiger partial charge on any atom is -0.497 e. The molecule has 0 saturated heterocycles. The van der Waals surface area contributed by atoms with Crippen LogP contribution >= 0.6 is 0 Å². The van der Waals surface area contributed by atoms with Crippen molar-refractivity contribution < 1.29 is 24.0 Å². The molecule has 9 nitrogen and oxygen atoms in total. The van der Waals surface area contributed by atoms with Crippen molar-refractivity contribution in [2.45, 2.75) is 19.6 Å². The van der Waals surface area contributed by atoms with Crippen LogP contribution in [0.2, 0.25) is 0 Å². The number of methoxy groups -OCH3 is 1. The maximum atomic E-state index is 12.2. The minimum absolute atomic E-state index is 0.0245. The third-order valence-corrected chi connectivity index (χ3v) is 3.75. The number of hydrogen-bond acceptors (Lipinski definition) is 7. The van der Waals surface area contributed by atoms with E-state index in [0.717, 1.165) is 11.6 Å². The van der Waals surface area contributed by atoms with Crippen molar-refractivity contribution >= 4 is 23.3 Å². The van der Waals surface area contributed by atoms with Crippen LogP contribution in [0.25, 0.3) is 0 Å². The summed E-state index contributed by atoms with van der Waals surface area (Å²) in [6.45, 7) is 1.64. The second-order valence-corrected chi connectivity index (χ2v) is 5.64. The fraction of sp³-hybridized carbons (Fsp3) is 0.222. The molecule has 0 radical (unpaired) electrons. The lowest BCUT2D eigenvalue weighted by atomic mass is 10.1. The van der Waals surface area contributed by atoms with E-state index in [0.29, 0.717) is 5.75 Å². The number of nitrogens with one attached hydrogen (secondary N) is 1. The second kappa shape index (κ2) is 8.65. The van der Waals surface area contributed by atoms with E-state index in [1.165, 1.54) is 19.1 Å². The highest BCUT2D eigenvalue weighted by molar-refractivity contribution is 5.97. The van der Waals surface area contributed by atoms with Crippen molar-refractivity contribution in [1.82, 2.24) is 5.32 Å². The van der Waals surface area contributed by atoms with E-state index in [9.17, 15) is 19.7 Å². The van der Waals surface area contributed by atoms with Crippen molar-refractivity contribution in [3.8, 4) is 5.75 Å². The number of ether oxygens (including phenoxy) is 2. The van der Waals surface area contributed by atoms with Crippen molar-refractivity contribution in [3.63, 3.8) is 0 Å². The van der Waals surface area contributed by atoms with E-state index in [1.807, 2.05) is 0 Å². The van der Waals surface area contributed by atoms with E-state index < -0.39 is 22.9 Å². The van der Waals surface area contributed by atoms with Crippen LogP contribution in [0.5, 0.6) is 5.75 Å². The Morgan fingerprint density at radius 3 is 2.48 bits per heavy atom. The van der Waals surface area contributed by atoms with Crippen molar-refractivity contribution in [2.75, 3.05) is 12.8 Å². The van der Waals surface area contributed by atoms with Gasteiger partial charge in [-0.3, -0.25) is 14.9 Å². The number of hydrogen-bond donors (Lipinski definition) is 2. The summed E-state index contributed by atoms with van der Waals surface area (Å²) in [5, 5.41) is 13.5. The number of amides is 1. The van der Waals surface area contributed by atoms with Gasteiger partial charge < -0.3 is 20.5 Å². The number of nitro groups is 1. The molecule has 9 heteroatoms. The molecular formula is C18H19N3O6.